The number of carbonyl (C=O) groups is 1. The van der Waals surface area contributed by atoms with Crippen molar-refractivity contribution in [2.45, 2.75) is 25.7 Å². The fourth-order valence-electron chi connectivity index (χ4n) is 3.17. The van der Waals surface area contributed by atoms with Crippen LogP contribution in [0.3, 0.4) is 0 Å². The Balaban J connectivity index is 2.06. The minimum absolute atomic E-state index is 0.00588. The third-order valence-electron chi connectivity index (χ3n) is 5.01. The van der Waals surface area contributed by atoms with Crippen LogP contribution in [0.25, 0.3) is 5.57 Å². The lowest BCUT2D eigenvalue weighted by Crippen LogP contribution is -2.18. The predicted molar refractivity (Wildman–Crippen MR) is 119 cm³/mol. The van der Waals surface area contributed by atoms with Crippen LogP contribution >= 0.6 is 0 Å². The van der Waals surface area contributed by atoms with Crippen LogP contribution in [0.1, 0.15) is 25.1 Å². The van der Waals surface area contributed by atoms with Gasteiger partial charge in [-0.05, 0) is 45.0 Å². The molecule has 3 rings (SSSR count). The summed E-state index contributed by atoms with van der Waals surface area (Å²) in [5, 5.41) is 0. The average Bonchev–Trinajstić information content (AvgIpc) is 2.76. The SMILES string of the molecule is C=CN1C=C(c2c(F)ccc(NS(=O)(=O)c3cc(F)cnc3C)c2F)C=C/C1=C(/C)C(C)=O. The Morgan fingerprint density at radius 1 is 1.18 bits per heavy atom. The van der Waals surface area contributed by atoms with Crippen LogP contribution in [-0.4, -0.2) is 24.1 Å². The molecule has 1 aliphatic heterocycles. The zero-order chi connectivity index (χ0) is 24.5. The van der Waals surface area contributed by atoms with E-state index in [1.54, 1.807) is 6.92 Å². The minimum atomic E-state index is -4.42. The molecule has 0 unspecified atom stereocenters. The maximum atomic E-state index is 15.3. The van der Waals surface area contributed by atoms with Crippen molar-refractivity contribution < 1.29 is 26.4 Å². The number of benzene rings is 1. The van der Waals surface area contributed by atoms with Gasteiger partial charge in [0.25, 0.3) is 10.0 Å². The average molecular weight is 475 g/mol. The molecule has 0 aliphatic carbocycles. The van der Waals surface area contributed by atoms with E-state index in [4.69, 9.17) is 0 Å². The van der Waals surface area contributed by atoms with Gasteiger partial charge in [0.1, 0.15) is 16.5 Å². The van der Waals surface area contributed by atoms with E-state index in [0.717, 1.165) is 24.4 Å². The van der Waals surface area contributed by atoms with E-state index in [1.165, 1.54) is 43.3 Å². The van der Waals surface area contributed by atoms with Gasteiger partial charge in [-0.2, -0.15) is 0 Å². The van der Waals surface area contributed by atoms with Gasteiger partial charge in [-0.3, -0.25) is 14.5 Å². The van der Waals surface area contributed by atoms with E-state index in [1.807, 2.05) is 4.72 Å². The lowest BCUT2D eigenvalue weighted by Gasteiger charge is -2.24. The lowest BCUT2D eigenvalue weighted by atomic mass is 10.00. The summed E-state index contributed by atoms with van der Waals surface area (Å²) in [6.07, 6.45) is 6.50. The number of aryl methyl sites for hydroxylation is 1. The third-order valence-corrected chi connectivity index (χ3v) is 6.49. The van der Waals surface area contributed by atoms with Crippen molar-refractivity contribution in [3.8, 4) is 0 Å². The summed E-state index contributed by atoms with van der Waals surface area (Å²) in [5.74, 6) is -3.17. The van der Waals surface area contributed by atoms with Gasteiger partial charge in [-0.25, -0.2) is 21.6 Å². The number of pyridine rings is 1. The van der Waals surface area contributed by atoms with Crippen LogP contribution in [0.2, 0.25) is 0 Å². The summed E-state index contributed by atoms with van der Waals surface area (Å²) in [5.41, 5.74) is -0.0420. The molecule has 1 aromatic heterocycles. The maximum absolute atomic E-state index is 15.3. The van der Waals surface area contributed by atoms with Crippen molar-refractivity contribution in [2.24, 2.45) is 0 Å². The van der Waals surface area contributed by atoms with Crippen LogP contribution in [0, 0.1) is 24.4 Å². The summed E-state index contributed by atoms with van der Waals surface area (Å²) >= 11 is 0. The Hall–Kier alpha value is -3.66. The number of aromatic nitrogens is 1. The fourth-order valence-corrected chi connectivity index (χ4v) is 4.44. The number of halogens is 3. The standard InChI is InChI=1S/C23H20F3N3O3S/c1-5-29-12-16(6-9-20(29)13(2)15(4)30)22-18(25)7-8-19(23(22)26)28-33(31,32)21-10-17(24)11-27-14(21)3/h5-12,28H,1H2,2-4H3/b20-13+. The molecule has 172 valence electrons. The highest BCUT2D eigenvalue weighted by molar-refractivity contribution is 7.92. The molecule has 0 fully saturated rings. The highest BCUT2D eigenvalue weighted by Crippen LogP contribution is 2.33. The Morgan fingerprint density at radius 2 is 1.88 bits per heavy atom. The Kier molecular flexibility index (Phi) is 6.59. The van der Waals surface area contributed by atoms with Crippen molar-refractivity contribution in [3.63, 3.8) is 0 Å². The molecule has 0 saturated carbocycles. The van der Waals surface area contributed by atoms with Gasteiger partial charge < -0.3 is 4.90 Å². The molecule has 1 aliphatic rings. The second-order valence-corrected chi connectivity index (χ2v) is 8.85. The molecule has 2 aromatic rings. The van der Waals surface area contributed by atoms with Gasteiger partial charge >= 0.3 is 0 Å². The molecular weight excluding hydrogens is 455 g/mol. The first-order valence-electron chi connectivity index (χ1n) is 9.62. The third kappa shape index (κ3) is 4.75. The largest absolute Gasteiger partial charge is 0.323 e. The molecule has 0 amide bonds. The van der Waals surface area contributed by atoms with Crippen LogP contribution in [0.5, 0.6) is 0 Å². The number of allylic oxidation sites excluding steroid dienone is 4. The quantitative estimate of drug-likeness (QED) is 0.606. The number of sulfonamides is 1. The van der Waals surface area contributed by atoms with Gasteiger partial charge in [0, 0.05) is 23.5 Å². The molecule has 0 spiro atoms. The van der Waals surface area contributed by atoms with E-state index in [2.05, 4.69) is 11.6 Å². The number of nitrogens with zero attached hydrogens (tertiary/aromatic N) is 2. The van der Waals surface area contributed by atoms with Crippen LogP contribution in [-0.2, 0) is 14.8 Å². The molecule has 1 aromatic carbocycles. The van der Waals surface area contributed by atoms with E-state index in [0.29, 0.717) is 11.3 Å². The smallest absolute Gasteiger partial charge is 0.263 e. The molecular formula is C23H20F3N3O3S. The Bertz CT molecular complexity index is 1360. The minimum Gasteiger partial charge on any atom is -0.323 e. The first-order valence-corrected chi connectivity index (χ1v) is 11.1. The number of ketones is 1. The van der Waals surface area contributed by atoms with Gasteiger partial charge in [0.15, 0.2) is 11.6 Å². The van der Waals surface area contributed by atoms with Gasteiger partial charge in [-0.15, -0.1) is 0 Å². The van der Waals surface area contributed by atoms with Crippen molar-refractivity contribution in [3.05, 3.63) is 95.5 Å². The first-order chi connectivity index (χ1) is 15.5. The number of carbonyl (C=O) groups excluding carboxylic acids is 1. The van der Waals surface area contributed by atoms with Crippen molar-refractivity contribution in [1.29, 1.82) is 0 Å². The number of anilines is 1. The number of Topliss-reactive ketones (excluding diaryl/α,β-unsaturated/α-hetero) is 1. The normalized spacial score (nSPS) is 15.2. The van der Waals surface area contributed by atoms with Crippen molar-refractivity contribution in [1.82, 2.24) is 9.88 Å². The summed E-state index contributed by atoms with van der Waals surface area (Å²) < 4.78 is 70.9. The zero-order valence-electron chi connectivity index (χ0n) is 18.0. The topological polar surface area (TPSA) is 79.4 Å². The monoisotopic (exact) mass is 475 g/mol. The second-order valence-electron chi connectivity index (χ2n) is 7.20. The molecule has 0 atom stereocenters. The summed E-state index contributed by atoms with van der Waals surface area (Å²) in [6, 6.07) is 2.59. The highest BCUT2D eigenvalue weighted by Gasteiger charge is 2.25. The maximum Gasteiger partial charge on any atom is 0.263 e. The highest BCUT2D eigenvalue weighted by atomic mass is 32.2. The first kappa shape index (κ1) is 24.0. The number of nitrogens with one attached hydrogen (secondary N) is 1. The van der Waals surface area contributed by atoms with Gasteiger partial charge in [-0.1, -0.05) is 12.7 Å². The Morgan fingerprint density at radius 3 is 2.52 bits per heavy atom. The molecule has 0 radical (unpaired) electrons. The van der Waals surface area contributed by atoms with Crippen molar-refractivity contribution >= 4 is 27.1 Å². The zero-order valence-corrected chi connectivity index (χ0v) is 18.8. The van der Waals surface area contributed by atoms with Crippen LogP contribution in [0.15, 0.2) is 71.7 Å². The summed E-state index contributed by atoms with van der Waals surface area (Å²) in [6.45, 7) is 8.01. The molecule has 6 nitrogen and oxygen atoms in total. The van der Waals surface area contributed by atoms with Gasteiger partial charge in [0.2, 0.25) is 0 Å². The molecule has 2 heterocycles. The van der Waals surface area contributed by atoms with E-state index < -0.39 is 43.6 Å². The molecule has 10 heteroatoms. The second kappa shape index (κ2) is 9.07. The molecule has 1 N–H and O–H groups in total. The molecule has 33 heavy (non-hydrogen) atoms. The van der Waals surface area contributed by atoms with Crippen LogP contribution in [0.4, 0.5) is 18.9 Å². The molecule has 0 saturated heterocycles. The summed E-state index contributed by atoms with van der Waals surface area (Å²) in [7, 11) is -4.42. The lowest BCUT2D eigenvalue weighted by molar-refractivity contribution is -0.113. The van der Waals surface area contributed by atoms with Gasteiger partial charge in [0.05, 0.1) is 28.8 Å². The van der Waals surface area contributed by atoms with E-state index >= 15 is 4.39 Å². The number of hydrogen-bond donors (Lipinski definition) is 1. The number of rotatable bonds is 6. The Labute approximate surface area is 189 Å². The summed E-state index contributed by atoms with van der Waals surface area (Å²) in [4.78, 5) is 16.3. The van der Waals surface area contributed by atoms with Crippen LogP contribution < -0.4 is 4.72 Å². The molecule has 0 bridgehead atoms. The van der Waals surface area contributed by atoms with Crippen molar-refractivity contribution in [2.75, 3.05) is 4.72 Å². The van der Waals surface area contributed by atoms with E-state index in [-0.39, 0.29) is 17.1 Å². The number of hydrogen-bond acceptors (Lipinski definition) is 5. The van der Waals surface area contributed by atoms with E-state index in [9.17, 15) is 22.0 Å². The fraction of sp³-hybridized carbons (Fsp3) is 0.130. The predicted octanol–water partition coefficient (Wildman–Crippen LogP) is 4.83.